The molecule has 0 aromatic rings. The minimum atomic E-state index is 0.230. The zero-order chi connectivity index (χ0) is 6.97. The highest BCUT2D eigenvalue weighted by atomic mass is 16.5. The Morgan fingerprint density at radius 2 is 2.30 bits per heavy atom. The molecule has 0 spiro atoms. The molecule has 2 fully saturated rings. The Kier molecular flexibility index (Phi) is 1.38. The molecule has 2 rings (SSSR count). The molecule has 2 heterocycles. The van der Waals surface area contributed by atoms with E-state index in [4.69, 9.17) is 4.74 Å². The molecule has 0 radical (unpaired) electrons. The van der Waals surface area contributed by atoms with Gasteiger partial charge in [0, 0.05) is 18.4 Å². The highest BCUT2D eigenvalue weighted by Crippen LogP contribution is 2.26. The Labute approximate surface area is 59.7 Å². The van der Waals surface area contributed by atoms with Crippen molar-refractivity contribution in [1.82, 2.24) is 5.32 Å². The summed E-state index contributed by atoms with van der Waals surface area (Å²) in [6.45, 7) is 2.44. The summed E-state index contributed by atoms with van der Waals surface area (Å²) in [5, 5.41) is 2.82. The summed E-state index contributed by atoms with van der Waals surface area (Å²) in [5.74, 6) is 1.00. The topological polar surface area (TPSA) is 38.3 Å². The zero-order valence-electron chi connectivity index (χ0n) is 5.80. The maximum Gasteiger partial charge on any atom is 0.223 e. The lowest BCUT2D eigenvalue weighted by atomic mass is 9.90. The second kappa shape index (κ2) is 2.23. The van der Waals surface area contributed by atoms with Gasteiger partial charge < -0.3 is 10.1 Å². The second-order valence-corrected chi connectivity index (χ2v) is 2.98. The highest BCUT2D eigenvalue weighted by molar-refractivity contribution is 5.81. The van der Waals surface area contributed by atoms with E-state index in [1.54, 1.807) is 0 Å². The van der Waals surface area contributed by atoms with Gasteiger partial charge in [0.2, 0.25) is 5.91 Å². The first-order valence-corrected chi connectivity index (χ1v) is 3.73. The molecule has 3 nitrogen and oxygen atoms in total. The molecule has 0 aliphatic carbocycles. The lowest BCUT2D eigenvalue weighted by molar-refractivity contribution is -0.131. The van der Waals surface area contributed by atoms with Crippen molar-refractivity contribution >= 4 is 5.91 Å². The van der Waals surface area contributed by atoms with Crippen molar-refractivity contribution in [3.63, 3.8) is 0 Å². The predicted molar refractivity (Wildman–Crippen MR) is 35.4 cm³/mol. The monoisotopic (exact) mass is 141 g/mol. The maximum atomic E-state index is 11.0. The normalized spacial score (nSPS) is 33.6. The summed E-state index contributed by atoms with van der Waals surface area (Å²) in [4.78, 5) is 11.0. The van der Waals surface area contributed by atoms with Crippen molar-refractivity contribution in [2.45, 2.75) is 6.42 Å². The van der Waals surface area contributed by atoms with E-state index in [1.807, 2.05) is 0 Å². The van der Waals surface area contributed by atoms with Gasteiger partial charge >= 0.3 is 0 Å². The number of carbonyl (C=O) groups excluding carboxylic acids is 1. The van der Waals surface area contributed by atoms with Gasteiger partial charge in [-0.05, 0) is 6.42 Å². The minimum absolute atomic E-state index is 0.230. The van der Waals surface area contributed by atoms with Crippen LogP contribution in [0.15, 0.2) is 0 Å². The van der Waals surface area contributed by atoms with Crippen LogP contribution >= 0.6 is 0 Å². The number of ether oxygens (including phenoxy) is 1. The summed E-state index contributed by atoms with van der Waals surface area (Å²) >= 11 is 0. The molecule has 1 amide bonds. The fourth-order valence-electron chi connectivity index (χ4n) is 1.55. The molecule has 0 bridgehead atoms. The third-order valence-corrected chi connectivity index (χ3v) is 2.32. The predicted octanol–water partition coefficient (Wildman–Crippen LogP) is -0.231. The van der Waals surface area contributed by atoms with Gasteiger partial charge in [0.25, 0.3) is 0 Å². The van der Waals surface area contributed by atoms with Crippen LogP contribution in [-0.4, -0.2) is 25.7 Å². The fourth-order valence-corrected chi connectivity index (χ4v) is 1.55. The quantitative estimate of drug-likeness (QED) is 0.547. The molecule has 2 aliphatic rings. The Hall–Kier alpha value is -0.570. The average molecular weight is 141 g/mol. The summed E-state index contributed by atoms with van der Waals surface area (Å²) in [6.07, 6.45) is 1.01. The van der Waals surface area contributed by atoms with Gasteiger partial charge in [0.15, 0.2) is 0 Å². The molecule has 56 valence electrons. The molecular formula is C7H11NO2. The number of carbonyl (C=O) groups is 1. The Morgan fingerprint density at radius 1 is 1.50 bits per heavy atom. The van der Waals surface area contributed by atoms with Crippen molar-refractivity contribution < 1.29 is 9.53 Å². The van der Waals surface area contributed by atoms with Crippen molar-refractivity contribution in [2.75, 3.05) is 19.8 Å². The van der Waals surface area contributed by atoms with Crippen LogP contribution in [0, 0.1) is 11.8 Å². The third-order valence-electron chi connectivity index (χ3n) is 2.32. The van der Waals surface area contributed by atoms with Crippen molar-refractivity contribution in [3.05, 3.63) is 0 Å². The Balaban J connectivity index is 1.96. The van der Waals surface area contributed by atoms with E-state index in [9.17, 15) is 4.79 Å². The van der Waals surface area contributed by atoms with Crippen LogP contribution in [0.25, 0.3) is 0 Å². The van der Waals surface area contributed by atoms with E-state index in [2.05, 4.69) is 5.32 Å². The highest BCUT2D eigenvalue weighted by Gasteiger charge is 2.36. The van der Waals surface area contributed by atoms with E-state index in [1.165, 1.54) is 0 Å². The summed E-state index contributed by atoms with van der Waals surface area (Å²) in [5.41, 5.74) is 0. The number of hydrogen-bond donors (Lipinski definition) is 1. The first kappa shape index (κ1) is 6.16. The molecule has 1 atom stereocenters. The van der Waals surface area contributed by atoms with E-state index in [0.717, 1.165) is 26.2 Å². The van der Waals surface area contributed by atoms with Crippen LogP contribution in [0.4, 0.5) is 0 Å². The molecule has 2 aliphatic heterocycles. The molecule has 3 heteroatoms. The van der Waals surface area contributed by atoms with Gasteiger partial charge in [-0.2, -0.15) is 0 Å². The van der Waals surface area contributed by atoms with Gasteiger partial charge in [-0.3, -0.25) is 4.79 Å². The Bertz CT molecular complexity index is 154. The van der Waals surface area contributed by atoms with E-state index < -0.39 is 0 Å². The third kappa shape index (κ3) is 0.814. The summed E-state index contributed by atoms with van der Waals surface area (Å²) in [6, 6.07) is 0. The molecule has 0 saturated carbocycles. The van der Waals surface area contributed by atoms with Crippen LogP contribution in [0.3, 0.4) is 0 Å². The largest absolute Gasteiger partial charge is 0.381 e. The van der Waals surface area contributed by atoms with Gasteiger partial charge in [0.05, 0.1) is 13.2 Å². The van der Waals surface area contributed by atoms with Crippen molar-refractivity contribution in [1.29, 1.82) is 0 Å². The summed E-state index contributed by atoms with van der Waals surface area (Å²) in [7, 11) is 0. The minimum Gasteiger partial charge on any atom is -0.381 e. The number of amides is 1. The SMILES string of the molecule is O=C1NCC[C@H]1C1COC1. The van der Waals surface area contributed by atoms with Crippen LogP contribution < -0.4 is 5.32 Å². The summed E-state index contributed by atoms with van der Waals surface area (Å²) < 4.78 is 5.02. The van der Waals surface area contributed by atoms with Gasteiger partial charge in [-0.15, -0.1) is 0 Å². The second-order valence-electron chi connectivity index (χ2n) is 2.98. The molecule has 1 N–H and O–H groups in total. The van der Waals surface area contributed by atoms with Crippen molar-refractivity contribution in [2.24, 2.45) is 11.8 Å². The fraction of sp³-hybridized carbons (Fsp3) is 0.857. The lowest BCUT2D eigenvalue weighted by Crippen LogP contribution is -2.37. The lowest BCUT2D eigenvalue weighted by Gasteiger charge is -2.29. The van der Waals surface area contributed by atoms with Gasteiger partial charge in [-0.1, -0.05) is 0 Å². The number of rotatable bonds is 1. The number of nitrogens with one attached hydrogen (secondary N) is 1. The first-order valence-electron chi connectivity index (χ1n) is 3.73. The van der Waals surface area contributed by atoms with Crippen LogP contribution in [-0.2, 0) is 9.53 Å². The zero-order valence-corrected chi connectivity index (χ0v) is 5.80. The van der Waals surface area contributed by atoms with Gasteiger partial charge in [-0.25, -0.2) is 0 Å². The van der Waals surface area contributed by atoms with E-state index >= 15 is 0 Å². The van der Waals surface area contributed by atoms with Crippen LogP contribution in [0.1, 0.15) is 6.42 Å². The Morgan fingerprint density at radius 3 is 2.70 bits per heavy atom. The maximum absolute atomic E-state index is 11.0. The van der Waals surface area contributed by atoms with E-state index in [-0.39, 0.29) is 11.8 Å². The first-order chi connectivity index (χ1) is 4.88. The van der Waals surface area contributed by atoms with Crippen molar-refractivity contribution in [3.8, 4) is 0 Å². The molecule has 0 aromatic carbocycles. The standard InChI is InChI=1S/C7H11NO2/c9-7-6(1-2-8-7)5-3-10-4-5/h5-6H,1-4H2,(H,8,9)/t6-/m0/s1. The molecular weight excluding hydrogens is 130 g/mol. The smallest absolute Gasteiger partial charge is 0.223 e. The molecule has 0 unspecified atom stereocenters. The van der Waals surface area contributed by atoms with E-state index in [0.29, 0.717) is 5.92 Å². The average Bonchev–Trinajstić information content (AvgIpc) is 2.12. The molecule has 0 aromatic heterocycles. The van der Waals surface area contributed by atoms with Gasteiger partial charge in [0.1, 0.15) is 0 Å². The molecule has 2 saturated heterocycles. The van der Waals surface area contributed by atoms with Crippen LogP contribution in [0.2, 0.25) is 0 Å². The number of hydrogen-bond acceptors (Lipinski definition) is 2. The van der Waals surface area contributed by atoms with Crippen LogP contribution in [0.5, 0.6) is 0 Å². The molecule has 10 heavy (non-hydrogen) atoms.